The number of nitrogens with one attached hydrogen (secondary N) is 3. The molecule has 2 aromatic carbocycles. The first-order valence-electron chi connectivity index (χ1n) is 13.7. The van der Waals surface area contributed by atoms with E-state index in [0.29, 0.717) is 30.3 Å². The summed E-state index contributed by atoms with van der Waals surface area (Å²) in [6.07, 6.45) is 4.02. The van der Waals surface area contributed by atoms with E-state index in [1.165, 1.54) is 17.7 Å². The number of carbonyl (C=O) groups excluding carboxylic acids is 2. The maximum Gasteiger partial charge on any atom is 0.305 e. The smallest absolute Gasteiger partial charge is 0.305 e. The van der Waals surface area contributed by atoms with Gasteiger partial charge in [-0.05, 0) is 80.6 Å². The second kappa shape index (κ2) is 11.9. The number of piperidine rings is 1. The predicted molar refractivity (Wildman–Crippen MR) is 148 cm³/mol. The van der Waals surface area contributed by atoms with E-state index in [2.05, 4.69) is 15.6 Å². The molecule has 2 amide bonds. The Morgan fingerprint density at radius 3 is 2.72 bits per heavy atom. The van der Waals surface area contributed by atoms with Crippen molar-refractivity contribution in [3.63, 3.8) is 0 Å². The number of aromatic nitrogens is 2. The molecule has 39 heavy (non-hydrogen) atoms. The lowest BCUT2D eigenvalue weighted by Gasteiger charge is -2.26. The Labute approximate surface area is 227 Å². The number of hydrogen-bond acceptors (Lipinski definition) is 6. The van der Waals surface area contributed by atoms with Crippen LogP contribution in [0.1, 0.15) is 53.8 Å². The normalized spacial score (nSPS) is 17.9. The van der Waals surface area contributed by atoms with Crippen LogP contribution in [-0.4, -0.2) is 75.4 Å². The van der Waals surface area contributed by atoms with Crippen LogP contribution in [0.5, 0.6) is 0 Å². The number of nitrogens with zero attached hydrogens (tertiary/aromatic N) is 3. The van der Waals surface area contributed by atoms with Crippen molar-refractivity contribution in [1.82, 2.24) is 25.1 Å². The summed E-state index contributed by atoms with van der Waals surface area (Å²) in [5, 5.41) is 15.7. The standard InChI is InChI=1S/C29H36N6O4/c1-34-17-21-15-20(8-9-22(21)31-25(29(34)39)16-27(36)37)28(38)35(14-4-5-19-10-12-30-13-11-19)18-26-32-23-6-2-3-7-24(23)33-26/h2-3,6-9,15,19,25,30-31H,4-5,10-14,16-18H2,1H3,(H,32,33)(H,36,37)/t25-/m0/s1. The Bertz CT molecular complexity index is 1320. The van der Waals surface area contributed by atoms with Crippen LogP contribution < -0.4 is 10.6 Å². The average molecular weight is 533 g/mol. The van der Waals surface area contributed by atoms with Gasteiger partial charge in [0, 0.05) is 31.4 Å². The highest BCUT2D eigenvalue weighted by Gasteiger charge is 2.30. The Balaban J connectivity index is 1.36. The second-order valence-electron chi connectivity index (χ2n) is 10.6. The number of carbonyl (C=O) groups is 3. The molecule has 2 aliphatic heterocycles. The molecule has 1 atom stereocenters. The topological polar surface area (TPSA) is 131 Å². The molecule has 0 aliphatic carbocycles. The molecular formula is C29H36N6O4. The average Bonchev–Trinajstić information content (AvgIpc) is 3.30. The maximum atomic E-state index is 13.9. The zero-order chi connectivity index (χ0) is 27.4. The number of fused-ring (bicyclic) bond motifs is 2. The van der Waals surface area contributed by atoms with Gasteiger partial charge < -0.3 is 30.5 Å². The van der Waals surface area contributed by atoms with Crippen molar-refractivity contribution in [1.29, 1.82) is 0 Å². The van der Waals surface area contributed by atoms with Gasteiger partial charge >= 0.3 is 5.97 Å². The zero-order valence-electron chi connectivity index (χ0n) is 22.3. The number of aliphatic carboxylic acids is 1. The highest BCUT2D eigenvalue weighted by atomic mass is 16.4. The molecule has 3 aromatic rings. The van der Waals surface area contributed by atoms with E-state index in [1.54, 1.807) is 19.2 Å². The molecular weight excluding hydrogens is 496 g/mol. The van der Waals surface area contributed by atoms with Gasteiger partial charge in [-0.2, -0.15) is 0 Å². The van der Waals surface area contributed by atoms with Crippen LogP contribution in [0, 0.1) is 5.92 Å². The lowest BCUT2D eigenvalue weighted by atomic mass is 9.93. The summed E-state index contributed by atoms with van der Waals surface area (Å²) in [5.41, 5.74) is 3.79. The molecule has 1 saturated heterocycles. The number of rotatable bonds is 9. The summed E-state index contributed by atoms with van der Waals surface area (Å²) in [7, 11) is 1.65. The molecule has 4 N–H and O–H groups in total. The summed E-state index contributed by atoms with van der Waals surface area (Å²) in [6, 6.07) is 12.3. The number of anilines is 1. The van der Waals surface area contributed by atoms with Crippen molar-refractivity contribution in [3.8, 4) is 0 Å². The molecule has 1 fully saturated rings. The fourth-order valence-corrected chi connectivity index (χ4v) is 5.60. The Kier molecular flexibility index (Phi) is 8.11. The van der Waals surface area contributed by atoms with E-state index in [-0.39, 0.29) is 24.8 Å². The number of carboxylic acids is 1. The van der Waals surface area contributed by atoms with Crippen molar-refractivity contribution in [2.24, 2.45) is 5.92 Å². The Hall–Kier alpha value is -3.92. The predicted octanol–water partition coefficient (Wildman–Crippen LogP) is 3.21. The number of para-hydroxylation sites is 2. The van der Waals surface area contributed by atoms with E-state index < -0.39 is 12.0 Å². The van der Waals surface area contributed by atoms with Crippen LogP contribution >= 0.6 is 0 Å². The van der Waals surface area contributed by atoms with Crippen LogP contribution in [0.25, 0.3) is 11.0 Å². The minimum absolute atomic E-state index is 0.0936. The fraction of sp³-hybridized carbons (Fsp3) is 0.448. The fourth-order valence-electron chi connectivity index (χ4n) is 5.60. The van der Waals surface area contributed by atoms with Crippen molar-refractivity contribution in [3.05, 3.63) is 59.4 Å². The summed E-state index contributed by atoms with van der Waals surface area (Å²) in [6.45, 7) is 3.39. The first-order valence-corrected chi connectivity index (χ1v) is 13.7. The van der Waals surface area contributed by atoms with Crippen LogP contribution in [0.15, 0.2) is 42.5 Å². The molecule has 5 rings (SSSR count). The van der Waals surface area contributed by atoms with Gasteiger partial charge in [0.05, 0.1) is 24.0 Å². The number of likely N-dealkylation sites (N-methyl/N-ethyl adjacent to an activating group) is 1. The van der Waals surface area contributed by atoms with Crippen LogP contribution in [-0.2, 0) is 22.7 Å². The molecule has 206 valence electrons. The number of benzene rings is 2. The molecule has 0 spiro atoms. The van der Waals surface area contributed by atoms with E-state index in [9.17, 15) is 19.5 Å². The van der Waals surface area contributed by atoms with Crippen molar-refractivity contribution in [2.45, 2.75) is 51.2 Å². The lowest BCUT2D eigenvalue weighted by Crippen LogP contribution is -2.39. The molecule has 0 saturated carbocycles. The maximum absolute atomic E-state index is 13.9. The molecule has 0 unspecified atom stereocenters. The second-order valence-corrected chi connectivity index (χ2v) is 10.6. The third kappa shape index (κ3) is 6.39. The largest absolute Gasteiger partial charge is 0.481 e. The molecule has 3 heterocycles. The Morgan fingerprint density at radius 2 is 1.95 bits per heavy atom. The first kappa shape index (κ1) is 26.7. The van der Waals surface area contributed by atoms with E-state index in [0.717, 1.165) is 48.4 Å². The summed E-state index contributed by atoms with van der Waals surface area (Å²) >= 11 is 0. The van der Waals surface area contributed by atoms with Crippen LogP contribution in [0.2, 0.25) is 0 Å². The van der Waals surface area contributed by atoms with Gasteiger partial charge in [-0.25, -0.2) is 4.98 Å². The van der Waals surface area contributed by atoms with E-state index in [4.69, 9.17) is 4.98 Å². The Morgan fingerprint density at radius 1 is 1.15 bits per heavy atom. The summed E-state index contributed by atoms with van der Waals surface area (Å²) in [5.74, 6) is -0.00511. The minimum Gasteiger partial charge on any atom is -0.481 e. The summed E-state index contributed by atoms with van der Waals surface area (Å²) < 4.78 is 0. The SMILES string of the molecule is CN1Cc2cc(C(=O)N(CCCC3CCNCC3)Cc3nc4ccccc4[nH]3)ccc2N[C@@H](CC(=O)O)C1=O. The number of aromatic amines is 1. The quantitative estimate of drug-likeness (QED) is 0.333. The first-order chi connectivity index (χ1) is 18.9. The van der Waals surface area contributed by atoms with Crippen LogP contribution in [0.4, 0.5) is 5.69 Å². The van der Waals surface area contributed by atoms with Gasteiger partial charge in [0.2, 0.25) is 5.91 Å². The number of carboxylic acid groups (broad SMARTS) is 1. The van der Waals surface area contributed by atoms with Gasteiger partial charge in [0.1, 0.15) is 11.9 Å². The van der Waals surface area contributed by atoms with Crippen molar-refractivity contribution < 1.29 is 19.5 Å². The van der Waals surface area contributed by atoms with Crippen molar-refractivity contribution >= 4 is 34.5 Å². The third-order valence-electron chi connectivity index (χ3n) is 7.71. The monoisotopic (exact) mass is 532 g/mol. The van der Waals surface area contributed by atoms with E-state index in [1.807, 2.05) is 35.2 Å². The van der Waals surface area contributed by atoms with Gasteiger partial charge in [0.15, 0.2) is 0 Å². The molecule has 1 aromatic heterocycles. The highest BCUT2D eigenvalue weighted by Crippen LogP contribution is 2.26. The number of H-pyrrole nitrogens is 1. The van der Waals surface area contributed by atoms with Crippen molar-refractivity contribution in [2.75, 3.05) is 32.0 Å². The zero-order valence-corrected chi connectivity index (χ0v) is 22.3. The lowest BCUT2D eigenvalue weighted by molar-refractivity contribution is -0.141. The van der Waals surface area contributed by atoms with E-state index >= 15 is 0 Å². The van der Waals surface area contributed by atoms with Crippen LogP contribution in [0.3, 0.4) is 0 Å². The summed E-state index contributed by atoms with van der Waals surface area (Å²) in [4.78, 5) is 49.3. The number of hydrogen-bond donors (Lipinski definition) is 4. The van der Waals surface area contributed by atoms with Gasteiger partial charge in [-0.15, -0.1) is 0 Å². The highest BCUT2D eigenvalue weighted by molar-refractivity contribution is 5.96. The minimum atomic E-state index is -1.05. The molecule has 10 heteroatoms. The molecule has 0 bridgehead atoms. The molecule has 10 nitrogen and oxygen atoms in total. The third-order valence-corrected chi connectivity index (χ3v) is 7.71. The number of amides is 2. The van der Waals surface area contributed by atoms with Gasteiger partial charge in [0.25, 0.3) is 5.91 Å². The van der Waals surface area contributed by atoms with Gasteiger partial charge in [-0.3, -0.25) is 14.4 Å². The molecule has 0 radical (unpaired) electrons. The van der Waals surface area contributed by atoms with Gasteiger partial charge in [-0.1, -0.05) is 12.1 Å². The number of imidazole rings is 1. The molecule has 2 aliphatic rings.